The minimum Gasteiger partial charge on any atom is -0.480 e. The van der Waals surface area contributed by atoms with Gasteiger partial charge in [-0.25, -0.2) is 14.4 Å². The summed E-state index contributed by atoms with van der Waals surface area (Å²) < 4.78 is 31.1. The highest BCUT2D eigenvalue weighted by Crippen LogP contribution is 2.36. The van der Waals surface area contributed by atoms with Crippen molar-refractivity contribution in [2.75, 3.05) is 26.4 Å². The van der Waals surface area contributed by atoms with Gasteiger partial charge in [0.1, 0.15) is 6.04 Å². The summed E-state index contributed by atoms with van der Waals surface area (Å²) in [4.78, 5) is 48.6. The molecule has 0 spiro atoms. The Hall–Kier alpha value is -3.54. The highest BCUT2D eigenvalue weighted by Gasteiger charge is 2.33. The summed E-state index contributed by atoms with van der Waals surface area (Å²) in [6.07, 6.45) is -1.36. The molecule has 41 heavy (non-hydrogen) atoms. The second-order valence-electron chi connectivity index (χ2n) is 10.7. The molecule has 12 nitrogen and oxygen atoms in total. The molecule has 232 valence electrons. The van der Waals surface area contributed by atoms with Crippen molar-refractivity contribution in [3.63, 3.8) is 0 Å². The summed E-state index contributed by atoms with van der Waals surface area (Å²) in [5.74, 6) is -2.85. The highest BCUT2D eigenvalue weighted by atomic mass is 16.7. The molecule has 0 fully saturated rings. The van der Waals surface area contributed by atoms with Crippen molar-refractivity contribution in [1.82, 2.24) is 0 Å². The van der Waals surface area contributed by atoms with Crippen LogP contribution in [-0.2, 0) is 23.7 Å². The Morgan fingerprint density at radius 1 is 0.732 bits per heavy atom. The van der Waals surface area contributed by atoms with Crippen molar-refractivity contribution in [1.29, 1.82) is 0 Å². The van der Waals surface area contributed by atoms with Gasteiger partial charge in [-0.05, 0) is 41.4 Å². The lowest BCUT2D eigenvalue weighted by atomic mass is 9.82. The zero-order valence-electron chi connectivity index (χ0n) is 25.0. The number of carboxylic acids is 1. The Kier molecular flexibility index (Phi) is 15.6. The predicted molar refractivity (Wildman–Crippen MR) is 149 cm³/mol. The Labute approximate surface area is 241 Å². The van der Waals surface area contributed by atoms with E-state index in [-0.39, 0.29) is 55.7 Å². The number of hydrogen-bond donors (Lipinski definition) is 2. The van der Waals surface area contributed by atoms with Gasteiger partial charge in [-0.2, -0.15) is 0 Å². The van der Waals surface area contributed by atoms with Crippen molar-refractivity contribution in [2.45, 2.75) is 73.3 Å². The first-order valence-corrected chi connectivity index (χ1v) is 13.9. The number of aliphatic carboxylic acids is 1. The van der Waals surface area contributed by atoms with Crippen LogP contribution < -0.4 is 15.2 Å². The van der Waals surface area contributed by atoms with Crippen LogP contribution in [0, 0.1) is 23.7 Å². The third kappa shape index (κ3) is 13.1. The second-order valence-corrected chi connectivity index (χ2v) is 10.7. The molecule has 0 amide bonds. The standard InChI is InChI=1S/C29H45NO11/c1-8-18(5)14-37-28(34)40-22-11-10-21(12-23(22)41-29(35)38-15-19(6)9-2)24(25(30)26(31)32)20(7)16-39-27(33)36-13-17(3)4/h10-12,17-20,24-25H,8-9,13-16,30H2,1-7H3,(H,31,32)/t18?,19?,20?,24?,25-/m0/s1. The monoisotopic (exact) mass is 583 g/mol. The average Bonchev–Trinajstić information content (AvgIpc) is 2.93. The van der Waals surface area contributed by atoms with Gasteiger partial charge in [-0.3, -0.25) is 4.79 Å². The molecule has 0 saturated carbocycles. The van der Waals surface area contributed by atoms with Crippen molar-refractivity contribution in [2.24, 2.45) is 29.4 Å². The maximum absolute atomic E-state index is 12.5. The van der Waals surface area contributed by atoms with Gasteiger partial charge in [0.2, 0.25) is 0 Å². The van der Waals surface area contributed by atoms with E-state index in [1.165, 1.54) is 18.2 Å². The van der Waals surface area contributed by atoms with E-state index in [0.717, 1.165) is 12.8 Å². The first-order valence-electron chi connectivity index (χ1n) is 13.9. The van der Waals surface area contributed by atoms with Crippen molar-refractivity contribution in [3.8, 4) is 11.5 Å². The fraction of sp³-hybridized carbons (Fsp3) is 0.655. The van der Waals surface area contributed by atoms with Crippen molar-refractivity contribution in [3.05, 3.63) is 23.8 Å². The summed E-state index contributed by atoms with van der Waals surface area (Å²) in [6.45, 7) is 13.3. The molecule has 1 aromatic carbocycles. The summed E-state index contributed by atoms with van der Waals surface area (Å²) in [5, 5.41) is 9.69. The van der Waals surface area contributed by atoms with Gasteiger partial charge in [0, 0.05) is 5.92 Å². The molecule has 0 aromatic heterocycles. The van der Waals surface area contributed by atoms with Crippen LogP contribution in [0.4, 0.5) is 14.4 Å². The maximum atomic E-state index is 12.5. The molecule has 0 bridgehead atoms. The Bertz CT molecular complexity index is 997. The van der Waals surface area contributed by atoms with Gasteiger partial charge in [-0.1, -0.05) is 67.4 Å². The average molecular weight is 584 g/mol. The summed E-state index contributed by atoms with van der Waals surface area (Å²) in [7, 11) is 0. The molecular weight excluding hydrogens is 538 g/mol. The predicted octanol–water partition coefficient (Wildman–Crippen LogP) is 5.75. The number of hydrogen-bond acceptors (Lipinski definition) is 11. The fourth-order valence-electron chi connectivity index (χ4n) is 3.41. The Morgan fingerprint density at radius 3 is 1.71 bits per heavy atom. The smallest absolute Gasteiger partial charge is 0.480 e. The molecule has 5 atom stereocenters. The molecule has 1 rings (SSSR count). The number of rotatable bonds is 16. The Morgan fingerprint density at radius 2 is 1.22 bits per heavy atom. The van der Waals surface area contributed by atoms with Crippen LogP contribution >= 0.6 is 0 Å². The maximum Gasteiger partial charge on any atom is 0.513 e. The number of carbonyl (C=O) groups is 4. The lowest BCUT2D eigenvalue weighted by Crippen LogP contribution is -2.40. The van der Waals surface area contributed by atoms with Crippen LogP contribution in [0.3, 0.4) is 0 Å². The summed E-state index contributed by atoms with van der Waals surface area (Å²) in [5.41, 5.74) is 6.37. The van der Waals surface area contributed by atoms with Crippen LogP contribution in [0.5, 0.6) is 11.5 Å². The summed E-state index contributed by atoms with van der Waals surface area (Å²) in [6, 6.07) is 2.74. The molecule has 4 unspecified atom stereocenters. The highest BCUT2D eigenvalue weighted by molar-refractivity contribution is 5.75. The van der Waals surface area contributed by atoms with E-state index >= 15 is 0 Å². The third-order valence-electron chi connectivity index (χ3n) is 6.39. The Balaban J connectivity index is 3.28. The van der Waals surface area contributed by atoms with E-state index in [2.05, 4.69) is 0 Å². The molecular formula is C29H45NO11. The van der Waals surface area contributed by atoms with Gasteiger partial charge >= 0.3 is 24.4 Å². The van der Waals surface area contributed by atoms with Gasteiger partial charge in [-0.15, -0.1) is 0 Å². The first-order chi connectivity index (χ1) is 19.3. The molecule has 1 aromatic rings. The zero-order valence-corrected chi connectivity index (χ0v) is 25.0. The van der Waals surface area contributed by atoms with E-state index in [9.17, 15) is 24.3 Å². The number of benzene rings is 1. The number of ether oxygens (including phenoxy) is 6. The molecule has 3 N–H and O–H groups in total. The van der Waals surface area contributed by atoms with E-state index in [0.29, 0.717) is 5.56 Å². The number of carboxylic acid groups (broad SMARTS) is 1. The molecule has 0 aliphatic rings. The van der Waals surface area contributed by atoms with Crippen LogP contribution in [0.25, 0.3) is 0 Å². The van der Waals surface area contributed by atoms with Crippen LogP contribution in [0.1, 0.15) is 72.8 Å². The number of carbonyl (C=O) groups excluding carboxylic acids is 3. The van der Waals surface area contributed by atoms with E-state index in [1.807, 2.05) is 41.5 Å². The largest absolute Gasteiger partial charge is 0.513 e. The van der Waals surface area contributed by atoms with Gasteiger partial charge < -0.3 is 39.3 Å². The topological polar surface area (TPSA) is 170 Å². The van der Waals surface area contributed by atoms with E-state index in [4.69, 9.17) is 34.2 Å². The van der Waals surface area contributed by atoms with E-state index < -0.39 is 42.3 Å². The van der Waals surface area contributed by atoms with Crippen LogP contribution in [0.2, 0.25) is 0 Å². The molecule has 0 heterocycles. The SMILES string of the molecule is CCC(C)COC(=O)Oc1ccc(C(C(C)COC(=O)OCC(C)C)[C@H](N)C(=O)O)cc1OC(=O)OCC(C)CC. The molecule has 12 heteroatoms. The molecule has 0 radical (unpaired) electrons. The van der Waals surface area contributed by atoms with Gasteiger partial charge in [0.25, 0.3) is 0 Å². The van der Waals surface area contributed by atoms with Crippen LogP contribution in [-0.4, -0.2) is 62.0 Å². The molecule has 0 aliphatic heterocycles. The molecule has 0 aliphatic carbocycles. The van der Waals surface area contributed by atoms with Crippen molar-refractivity contribution >= 4 is 24.4 Å². The fourth-order valence-corrected chi connectivity index (χ4v) is 3.41. The first kappa shape index (κ1) is 35.5. The van der Waals surface area contributed by atoms with Crippen molar-refractivity contribution < 1.29 is 52.7 Å². The lowest BCUT2D eigenvalue weighted by Gasteiger charge is -2.28. The second kappa shape index (κ2) is 18.0. The van der Waals surface area contributed by atoms with Gasteiger partial charge in [0.05, 0.1) is 26.4 Å². The summed E-state index contributed by atoms with van der Waals surface area (Å²) >= 11 is 0. The van der Waals surface area contributed by atoms with Gasteiger partial charge in [0.15, 0.2) is 11.5 Å². The van der Waals surface area contributed by atoms with E-state index in [1.54, 1.807) is 6.92 Å². The number of nitrogens with two attached hydrogens (primary N) is 1. The quantitative estimate of drug-likeness (QED) is 0.137. The normalized spacial score (nSPS) is 14.7. The lowest BCUT2D eigenvalue weighted by molar-refractivity contribution is -0.139. The minimum absolute atomic E-state index is 0.0890. The minimum atomic E-state index is -1.42. The zero-order chi connectivity index (χ0) is 31.1. The van der Waals surface area contributed by atoms with Crippen LogP contribution in [0.15, 0.2) is 18.2 Å². The third-order valence-corrected chi connectivity index (χ3v) is 6.39. The molecule has 0 saturated heterocycles.